The van der Waals surface area contributed by atoms with Gasteiger partial charge < -0.3 is 5.43 Å². The Morgan fingerprint density at radius 1 is 1.09 bits per heavy atom. The van der Waals surface area contributed by atoms with Crippen LogP contribution in [-0.4, -0.2) is 28.4 Å². The maximum atomic E-state index is 13.0. The van der Waals surface area contributed by atoms with Crippen LogP contribution in [0.1, 0.15) is 30.4 Å². The lowest BCUT2D eigenvalue weighted by atomic mass is 9.81. The molecule has 0 aliphatic heterocycles. The van der Waals surface area contributed by atoms with E-state index in [9.17, 15) is 9.59 Å². The van der Waals surface area contributed by atoms with Crippen LogP contribution in [0.2, 0.25) is 0 Å². The zero-order valence-corrected chi connectivity index (χ0v) is 18.0. The van der Waals surface area contributed by atoms with Crippen LogP contribution in [0.25, 0.3) is 17.8 Å². The van der Waals surface area contributed by atoms with E-state index in [0.29, 0.717) is 12.8 Å². The number of ketones is 2. The van der Waals surface area contributed by atoms with E-state index < -0.39 is 5.92 Å². The molecule has 6 heteroatoms. The molecule has 1 aliphatic carbocycles. The molecule has 1 saturated carbocycles. The number of aromatic nitrogens is 2. The molecule has 0 saturated heterocycles. The van der Waals surface area contributed by atoms with Gasteiger partial charge in [-0.1, -0.05) is 30.3 Å². The second-order valence-electron chi connectivity index (χ2n) is 7.75. The van der Waals surface area contributed by atoms with Crippen LogP contribution in [0.4, 0.5) is 5.69 Å². The molecule has 1 unspecified atom stereocenters. The summed E-state index contributed by atoms with van der Waals surface area (Å²) in [5.74, 6) is -0.789. The number of benzene rings is 2. The average Bonchev–Trinajstić information content (AvgIpc) is 3.35. The number of Topliss-reactive ketones (excluding diaryl/α,β-unsaturated/α-hetero) is 1. The van der Waals surface area contributed by atoms with Crippen LogP contribution in [0, 0.1) is 5.92 Å². The third kappa shape index (κ3) is 5.10. The molecule has 1 aliphatic rings. The number of rotatable bonds is 7. The number of hydrazine groups is 1. The molecule has 2 aromatic carbocycles. The van der Waals surface area contributed by atoms with Crippen LogP contribution in [-0.2, 0) is 9.59 Å². The third-order valence-electron chi connectivity index (χ3n) is 5.54. The van der Waals surface area contributed by atoms with E-state index in [0.717, 1.165) is 34.5 Å². The molecule has 0 radical (unpaired) electrons. The third-order valence-corrected chi connectivity index (χ3v) is 5.54. The molecule has 32 heavy (non-hydrogen) atoms. The summed E-state index contributed by atoms with van der Waals surface area (Å²) in [5.41, 5.74) is 10.3. The van der Waals surface area contributed by atoms with E-state index in [-0.39, 0.29) is 11.6 Å². The van der Waals surface area contributed by atoms with Gasteiger partial charge in [0.05, 0.1) is 11.6 Å². The van der Waals surface area contributed by atoms with Gasteiger partial charge in [0.15, 0.2) is 11.6 Å². The van der Waals surface area contributed by atoms with Gasteiger partial charge in [0.2, 0.25) is 0 Å². The van der Waals surface area contributed by atoms with E-state index in [1.165, 1.54) is 6.08 Å². The van der Waals surface area contributed by atoms with Crippen LogP contribution in [0.5, 0.6) is 0 Å². The van der Waals surface area contributed by atoms with Crippen LogP contribution in [0.15, 0.2) is 78.6 Å². The summed E-state index contributed by atoms with van der Waals surface area (Å²) in [4.78, 5) is 25.8. The first-order valence-corrected chi connectivity index (χ1v) is 10.7. The fourth-order valence-corrected chi connectivity index (χ4v) is 3.85. The molecule has 2 N–H and O–H groups in total. The Labute approximate surface area is 187 Å². The first-order valence-electron chi connectivity index (χ1n) is 10.7. The van der Waals surface area contributed by atoms with Crippen molar-refractivity contribution in [3.63, 3.8) is 0 Å². The number of anilines is 1. The zero-order chi connectivity index (χ0) is 22.3. The maximum absolute atomic E-state index is 13.0. The molecule has 0 amide bonds. The predicted octanol–water partition coefficient (Wildman–Crippen LogP) is 4.45. The highest BCUT2D eigenvalue weighted by Crippen LogP contribution is 2.28. The molecule has 4 rings (SSSR count). The molecule has 162 valence electrons. The smallest absolute Gasteiger partial charge is 0.169 e. The Bertz CT molecular complexity index is 1130. The minimum absolute atomic E-state index is 0.0596. The number of nitrogens with one attached hydrogen (secondary N) is 2. The number of carbonyl (C=O) groups excluding carboxylic acids is 2. The average molecular weight is 427 g/mol. The molecular formula is C26H26N4O2. The fraction of sp³-hybridized carbons (Fsp3) is 0.192. The van der Waals surface area contributed by atoms with Gasteiger partial charge in [-0.2, -0.15) is 5.10 Å². The largest absolute Gasteiger partial charge is 0.322 e. The van der Waals surface area contributed by atoms with Crippen molar-refractivity contribution >= 4 is 29.4 Å². The summed E-state index contributed by atoms with van der Waals surface area (Å²) in [5, 5.41) is 4.22. The van der Waals surface area contributed by atoms with Gasteiger partial charge in [0.1, 0.15) is 0 Å². The number of allylic oxidation sites excluding steroid dienone is 2. The second kappa shape index (κ2) is 10.0. The fourth-order valence-electron chi connectivity index (χ4n) is 3.85. The SMILES string of the molecule is CNNc1ccc(C=CC(=O)C2CCCC(=Cc3ccc(-n4cccn4)cc3)C2=O)cc1. The van der Waals surface area contributed by atoms with Crippen LogP contribution in [0.3, 0.4) is 0 Å². The van der Waals surface area contributed by atoms with Crippen molar-refractivity contribution in [2.75, 3.05) is 12.5 Å². The second-order valence-corrected chi connectivity index (χ2v) is 7.75. The van der Waals surface area contributed by atoms with Gasteiger partial charge in [0.25, 0.3) is 0 Å². The number of hydrogen-bond acceptors (Lipinski definition) is 5. The molecule has 0 spiro atoms. The zero-order valence-electron chi connectivity index (χ0n) is 18.0. The highest BCUT2D eigenvalue weighted by Gasteiger charge is 2.30. The predicted molar refractivity (Wildman–Crippen MR) is 127 cm³/mol. The summed E-state index contributed by atoms with van der Waals surface area (Å²) in [6.07, 6.45) is 11.0. The number of hydrogen-bond donors (Lipinski definition) is 2. The van der Waals surface area contributed by atoms with Gasteiger partial charge >= 0.3 is 0 Å². The van der Waals surface area contributed by atoms with Crippen LogP contribution < -0.4 is 10.9 Å². The molecule has 0 bridgehead atoms. The first kappa shape index (κ1) is 21.5. The first-order chi connectivity index (χ1) is 15.6. The minimum atomic E-state index is -0.597. The Hall–Kier alpha value is -3.77. The summed E-state index contributed by atoms with van der Waals surface area (Å²) < 4.78 is 1.79. The molecule has 1 atom stereocenters. The highest BCUT2D eigenvalue weighted by atomic mass is 16.1. The Morgan fingerprint density at radius 3 is 2.53 bits per heavy atom. The number of nitrogens with zero attached hydrogens (tertiary/aromatic N) is 2. The molecule has 1 heterocycles. The van der Waals surface area contributed by atoms with E-state index in [1.807, 2.05) is 66.9 Å². The van der Waals surface area contributed by atoms with Crippen LogP contribution >= 0.6 is 0 Å². The lowest BCUT2D eigenvalue weighted by Gasteiger charge is -2.21. The quantitative estimate of drug-likeness (QED) is 0.332. The topological polar surface area (TPSA) is 76.0 Å². The van der Waals surface area contributed by atoms with Gasteiger partial charge in [-0.3, -0.25) is 9.59 Å². The molecule has 6 nitrogen and oxygen atoms in total. The van der Waals surface area contributed by atoms with Crippen molar-refractivity contribution in [1.82, 2.24) is 15.2 Å². The Balaban J connectivity index is 1.43. The maximum Gasteiger partial charge on any atom is 0.169 e. The summed E-state index contributed by atoms with van der Waals surface area (Å²) >= 11 is 0. The summed E-state index contributed by atoms with van der Waals surface area (Å²) in [7, 11) is 1.80. The Kier molecular flexibility index (Phi) is 6.72. The van der Waals surface area contributed by atoms with E-state index in [2.05, 4.69) is 16.0 Å². The molecular weight excluding hydrogens is 400 g/mol. The van der Waals surface area contributed by atoms with E-state index in [4.69, 9.17) is 0 Å². The Morgan fingerprint density at radius 2 is 1.84 bits per heavy atom. The van der Waals surface area contributed by atoms with Crippen molar-refractivity contribution in [3.8, 4) is 5.69 Å². The summed E-state index contributed by atoms with van der Waals surface area (Å²) in [6, 6.07) is 17.4. The molecule has 1 fully saturated rings. The van der Waals surface area contributed by atoms with Gasteiger partial charge in [-0.15, -0.1) is 0 Å². The molecule has 3 aromatic rings. The molecule has 1 aromatic heterocycles. The van der Waals surface area contributed by atoms with Crippen molar-refractivity contribution in [3.05, 3.63) is 89.8 Å². The minimum Gasteiger partial charge on any atom is -0.322 e. The van der Waals surface area contributed by atoms with Crippen molar-refractivity contribution < 1.29 is 9.59 Å². The standard InChI is InChI=1S/C26H26N4O2/c1-27-29-22-11-6-19(7-12-22)10-15-25(31)24-5-2-4-21(26(24)32)18-20-8-13-23(14-9-20)30-17-3-16-28-30/h3,6-18,24,27,29H,2,4-5H2,1H3. The van der Waals surface area contributed by atoms with E-state index >= 15 is 0 Å². The van der Waals surface area contributed by atoms with Crippen molar-refractivity contribution in [2.24, 2.45) is 5.92 Å². The normalized spacial score (nSPS) is 17.7. The van der Waals surface area contributed by atoms with Gasteiger partial charge in [0, 0.05) is 25.1 Å². The number of carbonyl (C=O) groups is 2. The van der Waals surface area contributed by atoms with Crippen molar-refractivity contribution in [2.45, 2.75) is 19.3 Å². The van der Waals surface area contributed by atoms with E-state index in [1.54, 1.807) is 24.0 Å². The highest BCUT2D eigenvalue weighted by molar-refractivity contribution is 6.16. The monoisotopic (exact) mass is 426 g/mol. The van der Waals surface area contributed by atoms with Crippen molar-refractivity contribution in [1.29, 1.82) is 0 Å². The van der Waals surface area contributed by atoms with Gasteiger partial charge in [-0.25, -0.2) is 10.1 Å². The summed E-state index contributed by atoms with van der Waals surface area (Å²) in [6.45, 7) is 0. The lowest BCUT2D eigenvalue weighted by Crippen LogP contribution is -2.27. The lowest BCUT2D eigenvalue weighted by molar-refractivity contribution is -0.129. The van der Waals surface area contributed by atoms with Gasteiger partial charge in [-0.05, 0) is 78.4 Å².